The van der Waals surface area contributed by atoms with Gasteiger partial charge in [-0.05, 0) is 43.2 Å². The van der Waals surface area contributed by atoms with Crippen molar-refractivity contribution in [3.05, 3.63) is 57.3 Å². The van der Waals surface area contributed by atoms with Crippen molar-refractivity contribution >= 4 is 39.1 Å². The van der Waals surface area contributed by atoms with Crippen LogP contribution in [0.25, 0.3) is 0 Å². The van der Waals surface area contributed by atoms with Gasteiger partial charge in [0.05, 0.1) is 16.8 Å². The third-order valence-electron chi connectivity index (χ3n) is 3.80. The minimum atomic E-state index is -0.612. The molecule has 25 heavy (non-hydrogen) atoms. The van der Waals surface area contributed by atoms with Gasteiger partial charge in [0.15, 0.2) is 0 Å². The number of hydrogen-bond donors (Lipinski definition) is 1. The minimum absolute atomic E-state index is 0.0551. The van der Waals surface area contributed by atoms with E-state index in [2.05, 4.69) is 21.2 Å². The van der Waals surface area contributed by atoms with Crippen LogP contribution in [0, 0.1) is 5.82 Å². The first-order chi connectivity index (χ1) is 12.0. The first-order valence-corrected chi connectivity index (χ1v) is 9.00. The second-order valence-electron chi connectivity index (χ2n) is 5.67. The number of ether oxygens (including phenoxy) is 2. The first kappa shape index (κ1) is 18.2. The number of hydrogen-bond acceptors (Lipinski definition) is 3. The summed E-state index contributed by atoms with van der Waals surface area (Å²) in [5, 5.41) is 2.62. The van der Waals surface area contributed by atoms with Crippen LogP contribution < -0.4 is 10.1 Å². The molecule has 7 heteroatoms. The Labute approximate surface area is 158 Å². The fraction of sp³-hybridized carbons (Fsp3) is 0.278. The molecule has 1 saturated heterocycles. The summed E-state index contributed by atoms with van der Waals surface area (Å²) in [6.07, 6.45) is 2.10. The van der Waals surface area contributed by atoms with E-state index in [0.717, 1.165) is 19.4 Å². The molecule has 2 aromatic rings. The van der Waals surface area contributed by atoms with E-state index in [1.807, 2.05) is 0 Å². The SMILES string of the molecule is O=C(Nc1c(F)cc(Br)cc1Cl)c1cccc(OC[C@@H]2CCCO2)c1. The van der Waals surface area contributed by atoms with E-state index in [1.165, 1.54) is 12.1 Å². The molecule has 0 bridgehead atoms. The van der Waals surface area contributed by atoms with E-state index in [9.17, 15) is 9.18 Å². The second-order valence-corrected chi connectivity index (χ2v) is 7.00. The lowest BCUT2D eigenvalue weighted by Crippen LogP contribution is -2.17. The number of anilines is 1. The fourth-order valence-corrected chi connectivity index (χ4v) is 3.36. The Kier molecular flexibility index (Phi) is 5.93. The molecule has 0 aromatic heterocycles. The summed E-state index contributed by atoms with van der Waals surface area (Å²) in [5.74, 6) is -0.519. The summed E-state index contributed by atoms with van der Waals surface area (Å²) < 4.78 is 25.7. The van der Waals surface area contributed by atoms with Gasteiger partial charge in [-0.15, -0.1) is 0 Å². The highest BCUT2D eigenvalue weighted by molar-refractivity contribution is 9.10. The smallest absolute Gasteiger partial charge is 0.255 e. The van der Waals surface area contributed by atoms with E-state index in [-0.39, 0.29) is 16.8 Å². The fourth-order valence-electron chi connectivity index (χ4n) is 2.54. The molecule has 132 valence electrons. The van der Waals surface area contributed by atoms with Gasteiger partial charge in [0.25, 0.3) is 5.91 Å². The van der Waals surface area contributed by atoms with Crippen molar-refractivity contribution in [2.45, 2.75) is 18.9 Å². The number of carbonyl (C=O) groups excluding carboxylic acids is 1. The van der Waals surface area contributed by atoms with Gasteiger partial charge in [0.2, 0.25) is 0 Å². The van der Waals surface area contributed by atoms with Gasteiger partial charge >= 0.3 is 0 Å². The maximum absolute atomic E-state index is 14.0. The van der Waals surface area contributed by atoms with E-state index < -0.39 is 11.7 Å². The summed E-state index contributed by atoms with van der Waals surface area (Å²) in [5.41, 5.74) is 0.295. The predicted octanol–water partition coefficient (Wildman–Crippen LogP) is 5.05. The monoisotopic (exact) mass is 427 g/mol. The van der Waals surface area contributed by atoms with Crippen LogP contribution in [-0.4, -0.2) is 25.2 Å². The van der Waals surface area contributed by atoms with Crippen LogP contribution in [-0.2, 0) is 4.74 Å². The van der Waals surface area contributed by atoms with Crippen LogP contribution in [0.2, 0.25) is 5.02 Å². The normalized spacial score (nSPS) is 16.7. The maximum Gasteiger partial charge on any atom is 0.255 e. The van der Waals surface area contributed by atoms with Crippen molar-refractivity contribution < 1.29 is 18.7 Å². The largest absolute Gasteiger partial charge is 0.491 e. The molecule has 0 radical (unpaired) electrons. The molecule has 0 aliphatic carbocycles. The molecule has 1 heterocycles. The Balaban J connectivity index is 1.69. The maximum atomic E-state index is 14.0. The van der Waals surface area contributed by atoms with E-state index >= 15 is 0 Å². The van der Waals surface area contributed by atoms with Gasteiger partial charge in [-0.2, -0.15) is 0 Å². The van der Waals surface area contributed by atoms with Crippen LogP contribution in [0.15, 0.2) is 40.9 Å². The summed E-state index contributed by atoms with van der Waals surface area (Å²) in [6, 6.07) is 9.45. The molecule has 0 spiro atoms. The Morgan fingerprint density at radius 3 is 2.96 bits per heavy atom. The molecule has 1 atom stereocenters. The topological polar surface area (TPSA) is 47.6 Å². The zero-order chi connectivity index (χ0) is 17.8. The molecule has 3 rings (SSSR count). The summed E-state index contributed by atoms with van der Waals surface area (Å²) >= 11 is 9.15. The van der Waals surface area contributed by atoms with Gasteiger partial charge in [0, 0.05) is 16.6 Å². The number of rotatable bonds is 5. The Hall–Kier alpha value is -1.63. The molecule has 1 aliphatic heterocycles. The average Bonchev–Trinajstić information content (AvgIpc) is 3.10. The molecule has 1 aliphatic rings. The molecule has 0 saturated carbocycles. The zero-order valence-corrected chi connectivity index (χ0v) is 15.6. The standard InChI is InChI=1S/C18H16BrClFNO3/c19-12-8-15(20)17(16(21)9-12)22-18(23)11-3-1-4-13(7-11)25-10-14-5-2-6-24-14/h1,3-4,7-9,14H,2,5-6,10H2,(H,22,23)/t14-/m0/s1. The van der Waals surface area contributed by atoms with Gasteiger partial charge < -0.3 is 14.8 Å². The number of nitrogens with one attached hydrogen (secondary N) is 1. The van der Waals surface area contributed by atoms with Crippen LogP contribution in [0.3, 0.4) is 0 Å². The van der Waals surface area contributed by atoms with E-state index in [0.29, 0.717) is 22.4 Å². The van der Waals surface area contributed by atoms with E-state index in [1.54, 1.807) is 24.3 Å². The van der Waals surface area contributed by atoms with Gasteiger partial charge in [-0.3, -0.25) is 4.79 Å². The predicted molar refractivity (Wildman–Crippen MR) is 98.0 cm³/mol. The van der Waals surface area contributed by atoms with Crippen molar-refractivity contribution in [2.75, 3.05) is 18.5 Å². The number of halogens is 3. The zero-order valence-electron chi connectivity index (χ0n) is 13.2. The van der Waals surface area contributed by atoms with Gasteiger partial charge in [-0.1, -0.05) is 33.6 Å². The third-order valence-corrected chi connectivity index (χ3v) is 4.56. The van der Waals surface area contributed by atoms with Crippen LogP contribution >= 0.6 is 27.5 Å². The number of benzene rings is 2. The lowest BCUT2D eigenvalue weighted by molar-refractivity contribution is 0.0679. The molecule has 4 nitrogen and oxygen atoms in total. The van der Waals surface area contributed by atoms with Crippen molar-refractivity contribution in [1.82, 2.24) is 0 Å². The molecule has 1 fully saturated rings. The molecular weight excluding hydrogens is 413 g/mol. The van der Waals surface area contributed by atoms with E-state index in [4.69, 9.17) is 21.1 Å². The molecule has 2 aromatic carbocycles. The van der Waals surface area contributed by atoms with Gasteiger partial charge in [-0.25, -0.2) is 4.39 Å². The average molecular weight is 429 g/mol. The van der Waals surface area contributed by atoms with Crippen LogP contribution in [0.4, 0.5) is 10.1 Å². The highest BCUT2D eigenvalue weighted by Crippen LogP contribution is 2.29. The van der Waals surface area contributed by atoms with Crippen molar-refractivity contribution in [3.8, 4) is 5.75 Å². The lowest BCUT2D eigenvalue weighted by atomic mass is 10.2. The highest BCUT2D eigenvalue weighted by atomic mass is 79.9. The highest BCUT2D eigenvalue weighted by Gasteiger charge is 2.17. The molecule has 0 unspecified atom stereocenters. The van der Waals surface area contributed by atoms with Crippen molar-refractivity contribution in [1.29, 1.82) is 0 Å². The van der Waals surface area contributed by atoms with Crippen LogP contribution in [0.1, 0.15) is 23.2 Å². The minimum Gasteiger partial charge on any atom is -0.491 e. The van der Waals surface area contributed by atoms with Gasteiger partial charge in [0.1, 0.15) is 18.2 Å². The second kappa shape index (κ2) is 8.17. The van der Waals surface area contributed by atoms with Crippen LogP contribution in [0.5, 0.6) is 5.75 Å². The first-order valence-electron chi connectivity index (χ1n) is 7.83. The lowest BCUT2D eigenvalue weighted by Gasteiger charge is -2.13. The molecular formula is C18H16BrClFNO3. The molecule has 1 amide bonds. The number of amides is 1. The Morgan fingerprint density at radius 2 is 2.24 bits per heavy atom. The quantitative estimate of drug-likeness (QED) is 0.725. The number of carbonyl (C=O) groups is 1. The Bertz CT molecular complexity index is 758. The van der Waals surface area contributed by atoms with Crippen molar-refractivity contribution in [3.63, 3.8) is 0 Å². The summed E-state index contributed by atoms with van der Waals surface area (Å²) in [6.45, 7) is 1.20. The molecule has 1 N–H and O–H groups in total. The Morgan fingerprint density at radius 1 is 1.40 bits per heavy atom. The third kappa shape index (κ3) is 4.71. The summed E-state index contributed by atoms with van der Waals surface area (Å²) in [4.78, 5) is 12.4. The summed E-state index contributed by atoms with van der Waals surface area (Å²) in [7, 11) is 0. The van der Waals surface area contributed by atoms with Crippen molar-refractivity contribution in [2.24, 2.45) is 0 Å².